The molecule has 1 unspecified atom stereocenters. The van der Waals surface area contributed by atoms with E-state index in [4.69, 9.17) is 10.8 Å². The Labute approximate surface area is 96.0 Å². The molecular formula is C11H12F3NO2. The van der Waals surface area contributed by atoms with Gasteiger partial charge in [0.25, 0.3) is 6.43 Å². The van der Waals surface area contributed by atoms with Crippen molar-refractivity contribution in [3.05, 3.63) is 35.1 Å². The van der Waals surface area contributed by atoms with Gasteiger partial charge in [-0.05, 0) is 24.5 Å². The molecule has 0 aliphatic heterocycles. The summed E-state index contributed by atoms with van der Waals surface area (Å²) < 4.78 is 37.6. The first-order chi connectivity index (χ1) is 7.91. The van der Waals surface area contributed by atoms with Crippen molar-refractivity contribution in [2.75, 3.05) is 0 Å². The average molecular weight is 247 g/mol. The number of aryl methyl sites for hydroxylation is 1. The second kappa shape index (κ2) is 5.67. The van der Waals surface area contributed by atoms with Crippen molar-refractivity contribution >= 4 is 5.97 Å². The topological polar surface area (TPSA) is 63.3 Å². The summed E-state index contributed by atoms with van der Waals surface area (Å²) in [5.41, 5.74) is 5.06. The number of alkyl halides is 2. The highest BCUT2D eigenvalue weighted by Gasteiger charge is 2.15. The van der Waals surface area contributed by atoms with E-state index >= 15 is 0 Å². The van der Waals surface area contributed by atoms with E-state index in [0.29, 0.717) is 5.56 Å². The molecule has 0 aliphatic rings. The monoisotopic (exact) mass is 247 g/mol. The molecule has 3 N–H and O–H groups in total. The van der Waals surface area contributed by atoms with Gasteiger partial charge in [-0.15, -0.1) is 0 Å². The maximum absolute atomic E-state index is 13.2. The minimum absolute atomic E-state index is 0.128. The third-order valence-corrected chi connectivity index (χ3v) is 2.36. The summed E-state index contributed by atoms with van der Waals surface area (Å²) in [6.07, 6.45) is -2.50. The fraction of sp³-hybridized carbons (Fsp3) is 0.364. The number of benzene rings is 1. The molecule has 1 aromatic rings. The quantitative estimate of drug-likeness (QED) is 0.837. The van der Waals surface area contributed by atoms with Crippen LogP contribution in [0.15, 0.2) is 18.2 Å². The molecule has 6 heteroatoms. The largest absolute Gasteiger partial charge is 0.480 e. The average Bonchev–Trinajstić information content (AvgIpc) is 2.25. The summed E-state index contributed by atoms with van der Waals surface area (Å²) in [7, 11) is 0. The molecule has 17 heavy (non-hydrogen) atoms. The Bertz CT molecular complexity index is 410. The van der Waals surface area contributed by atoms with Crippen LogP contribution in [0, 0.1) is 5.82 Å². The van der Waals surface area contributed by atoms with Crippen LogP contribution < -0.4 is 5.73 Å². The standard InChI is InChI=1S/C11H12F3NO2/c12-8-5-6(1-3-7(8)10(13)14)2-4-9(15)11(16)17/h1,3,5,9-10H,2,4,15H2,(H,16,17). The first kappa shape index (κ1) is 13.5. The van der Waals surface area contributed by atoms with E-state index in [0.717, 1.165) is 12.1 Å². The van der Waals surface area contributed by atoms with E-state index in [1.165, 1.54) is 6.07 Å². The molecule has 1 atom stereocenters. The van der Waals surface area contributed by atoms with E-state index in [1.807, 2.05) is 0 Å². The Kier molecular flexibility index (Phi) is 4.51. The number of aliphatic carboxylic acids is 1. The smallest absolute Gasteiger partial charge is 0.320 e. The number of carboxylic acids is 1. The summed E-state index contributed by atoms with van der Waals surface area (Å²) in [6.45, 7) is 0. The van der Waals surface area contributed by atoms with Crippen LogP contribution in [0.5, 0.6) is 0 Å². The zero-order valence-electron chi connectivity index (χ0n) is 8.87. The Balaban J connectivity index is 2.68. The van der Waals surface area contributed by atoms with Crippen LogP contribution in [0.2, 0.25) is 0 Å². The summed E-state index contributed by atoms with van der Waals surface area (Å²) in [4.78, 5) is 10.4. The van der Waals surface area contributed by atoms with Gasteiger partial charge < -0.3 is 10.8 Å². The molecule has 1 rings (SSSR count). The lowest BCUT2D eigenvalue weighted by Crippen LogP contribution is -2.30. The molecule has 1 aromatic carbocycles. The minimum Gasteiger partial charge on any atom is -0.480 e. The van der Waals surface area contributed by atoms with Gasteiger partial charge in [-0.1, -0.05) is 12.1 Å². The number of rotatable bonds is 5. The van der Waals surface area contributed by atoms with Gasteiger partial charge in [0.2, 0.25) is 0 Å². The maximum Gasteiger partial charge on any atom is 0.320 e. The van der Waals surface area contributed by atoms with E-state index in [1.54, 1.807) is 0 Å². The molecular weight excluding hydrogens is 235 g/mol. The number of carbonyl (C=O) groups is 1. The van der Waals surface area contributed by atoms with Crippen LogP contribution in [-0.4, -0.2) is 17.1 Å². The van der Waals surface area contributed by atoms with Crippen molar-refractivity contribution in [3.8, 4) is 0 Å². The van der Waals surface area contributed by atoms with Crippen LogP contribution in [0.4, 0.5) is 13.2 Å². The zero-order chi connectivity index (χ0) is 13.0. The first-order valence-corrected chi connectivity index (χ1v) is 4.96. The zero-order valence-corrected chi connectivity index (χ0v) is 8.87. The molecule has 0 bridgehead atoms. The van der Waals surface area contributed by atoms with Gasteiger partial charge in [0.15, 0.2) is 0 Å². The molecule has 0 saturated heterocycles. The Morgan fingerprint density at radius 1 is 1.41 bits per heavy atom. The van der Waals surface area contributed by atoms with Crippen molar-refractivity contribution < 1.29 is 23.1 Å². The lowest BCUT2D eigenvalue weighted by Gasteiger charge is -2.08. The predicted molar refractivity (Wildman–Crippen MR) is 55.3 cm³/mol. The van der Waals surface area contributed by atoms with Crippen molar-refractivity contribution in [1.29, 1.82) is 0 Å². The number of halogens is 3. The van der Waals surface area contributed by atoms with E-state index in [2.05, 4.69) is 0 Å². The molecule has 0 saturated carbocycles. The minimum atomic E-state index is -2.86. The SMILES string of the molecule is NC(CCc1ccc(C(F)F)c(F)c1)C(=O)O. The van der Waals surface area contributed by atoms with E-state index in [-0.39, 0.29) is 12.8 Å². The molecule has 94 valence electrons. The molecule has 0 radical (unpaired) electrons. The van der Waals surface area contributed by atoms with Gasteiger partial charge in [-0.25, -0.2) is 13.2 Å². The lowest BCUT2D eigenvalue weighted by atomic mass is 10.0. The highest BCUT2D eigenvalue weighted by Crippen LogP contribution is 2.23. The maximum atomic E-state index is 13.2. The van der Waals surface area contributed by atoms with Crippen molar-refractivity contribution in [2.45, 2.75) is 25.3 Å². The highest BCUT2D eigenvalue weighted by molar-refractivity contribution is 5.73. The van der Waals surface area contributed by atoms with E-state index in [9.17, 15) is 18.0 Å². The number of nitrogens with two attached hydrogens (primary N) is 1. The first-order valence-electron chi connectivity index (χ1n) is 4.96. The normalized spacial score (nSPS) is 12.8. The molecule has 0 heterocycles. The van der Waals surface area contributed by atoms with Gasteiger partial charge in [0, 0.05) is 0 Å². The van der Waals surface area contributed by atoms with Crippen molar-refractivity contribution in [2.24, 2.45) is 5.73 Å². The van der Waals surface area contributed by atoms with Crippen molar-refractivity contribution in [1.82, 2.24) is 0 Å². The van der Waals surface area contributed by atoms with Gasteiger partial charge in [0.05, 0.1) is 5.56 Å². The number of carboxylic acid groups (broad SMARTS) is 1. The second-order valence-corrected chi connectivity index (χ2v) is 3.64. The summed E-state index contributed by atoms with van der Waals surface area (Å²) in [6, 6.07) is 2.30. The van der Waals surface area contributed by atoms with Gasteiger partial charge in [-0.2, -0.15) is 0 Å². The lowest BCUT2D eigenvalue weighted by molar-refractivity contribution is -0.138. The van der Waals surface area contributed by atoms with Gasteiger partial charge in [0.1, 0.15) is 11.9 Å². The Morgan fingerprint density at radius 3 is 2.53 bits per heavy atom. The fourth-order valence-corrected chi connectivity index (χ4v) is 1.35. The van der Waals surface area contributed by atoms with Gasteiger partial charge in [-0.3, -0.25) is 4.79 Å². The third-order valence-electron chi connectivity index (χ3n) is 2.36. The van der Waals surface area contributed by atoms with E-state index < -0.39 is 29.8 Å². The van der Waals surface area contributed by atoms with Crippen LogP contribution in [0.25, 0.3) is 0 Å². The third kappa shape index (κ3) is 3.74. The predicted octanol–water partition coefficient (Wildman–Crippen LogP) is 2.11. The summed E-state index contributed by atoms with van der Waals surface area (Å²) in [5, 5.41) is 8.53. The van der Waals surface area contributed by atoms with Crippen molar-refractivity contribution in [3.63, 3.8) is 0 Å². The van der Waals surface area contributed by atoms with Crippen LogP contribution >= 0.6 is 0 Å². The molecule has 3 nitrogen and oxygen atoms in total. The Morgan fingerprint density at radius 2 is 2.06 bits per heavy atom. The van der Waals surface area contributed by atoms with Crippen LogP contribution in [-0.2, 0) is 11.2 Å². The molecule has 0 spiro atoms. The van der Waals surface area contributed by atoms with Crippen LogP contribution in [0.3, 0.4) is 0 Å². The molecule has 0 aliphatic carbocycles. The summed E-state index contributed by atoms with van der Waals surface area (Å²) >= 11 is 0. The molecule has 0 aromatic heterocycles. The Hall–Kier alpha value is -1.56. The fourth-order valence-electron chi connectivity index (χ4n) is 1.35. The molecule has 0 amide bonds. The molecule has 0 fully saturated rings. The van der Waals surface area contributed by atoms with Gasteiger partial charge >= 0.3 is 5.97 Å². The highest BCUT2D eigenvalue weighted by atomic mass is 19.3. The number of hydrogen-bond acceptors (Lipinski definition) is 2. The van der Waals surface area contributed by atoms with Crippen LogP contribution in [0.1, 0.15) is 24.0 Å². The summed E-state index contributed by atoms with van der Waals surface area (Å²) in [5.74, 6) is -2.13. The second-order valence-electron chi connectivity index (χ2n) is 3.64. The number of hydrogen-bond donors (Lipinski definition) is 2.